The molecule has 1 aromatic carbocycles. The van der Waals surface area contributed by atoms with Crippen LogP contribution < -0.4 is 0 Å². The van der Waals surface area contributed by atoms with Crippen molar-refractivity contribution in [3.63, 3.8) is 0 Å². The first-order chi connectivity index (χ1) is 20.2. The van der Waals surface area contributed by atoms with Gasteiger partial charge in [0.05, 0.1) is 30.1 Å². The molecule has 8 heteroatoms. The van der Waals surface area contributed by atoms with E-state index in [2.05, 4.69) is 20.1 Å². The van der Waals surface area contributed by atoms with Crippen LogP contribution >= 0.6 is 0 Å². The molecule has 0 radical (unpaired) electrons. The highest BCUT2D eigenvalue weighted by atomic mass is 16.5. The minimum atomic E-state index is -1.19. The number of fused-ring (bicyclic) bond motifs is 1. The number of rotatable bonds is 12. The van der Waals surface area contributed by atoms with E-state index in [1.165, 1.54) is 0 Å². The van der Waals surface area contributed by atoms with Crippen molar-refractivity contribution >= 4 is 17.7 Å². The van der Waals surface area contributed by atoms with Crippen LogP contribution in [0.3, 0.4) is 0 Å². The second kappa shape index (κ2) is 12.2. The molecule has 8 atom stereocenters. The van der Waals surface area contributed by atoms with Gasteiger partial charge in [0, 0.05) is 25.2 Å². The summed E-state index contributed by atoms with van der Waals surface area (Å²) in [6.07, 6.45) is 4.58. The van der Waals surface area contributed by atoms with E-state index in [0.29, 0.717) is 32.5 Å². The van der Waals surface area contributed by atoms with Crippen molar-refractivity contribution < 1.29 is 24.2 Å². The standard InChI is InChI=1S/C35H51N3O5/c1-10-18-36(21-25-16-14-13-15-17-25)30(40)27-28-31(41)38(26(22-39)23(4)12-3)29(32(42)37(19-11-2)33(6,7)8)35(28)20-24(5)34(27,9)43-35/h10-11,13-17,23-24,26-29,39H,1-2,12,18-22H2,3-9H3/t23-,24?,26-,27+,28-,29?,34-,35?/m0/s1. The van der Waals surface area contributed by atoms with Gasteiger partial charge in [0.25, 0.3) is 0 Å². The van der Waals surface area contributed by atoms with Crippen LogP contribution in [0.25, 0.3) is 0 Å². The summed E-state index contributed by atoms with van der Waals surface area (Å²) in [6, 6.07) is 8.20. The molecule has 8 nitrogen and oxygen atoms in total. The summed E-state index contributed by atoms with van der Waals surface area (Å²) < 4.78 is 6.99. The van der Waals surface area contributed by atoms with Crippen molar-refractivity contribution in [2.75, 3.05) is 19.7 Å². The second-order valence-corrected chi connectivity index (χ2v) is 14.0. The lowest BCUT2D eigenvalue weighted by Crippen LogP contribution is -2.62. The van der Waals surface area contributed by atoms with Gasteiger partial charge in [-0.15, -0.1) is 13.2 Å². The summed E-state index contributed by atoms with van der Waals surface area (Å²) in [5.74, 6) is -2.47. The molecule has 3 saturated heterocycles. The van der Waals surface area contributed by atoms with Gasteiger partial charge in [-0.2, -0.15) is 0 Å². The van der Waals surface area contributed by atoms with Crippen LogP contribution in [0.15, 0.2) is 55.6 Å². The Balaban J connectivity index is 1.87. The molecule has 1 N–H and O–H groups in total. The predicted octanol–water partition coefficient (Wildman–Crippen LogP) is 4.43. The van der Waals surface area contributed by atoms with Crippen LogP contribution in [-0.2, 0) is 25.7 Å². The molecule has 3 heterocycles. The number of aliphatic hydroxyl groups is 1. The van der Waals surface area contributed by atoms with Crippen LogP contribution in [0.4, 0.5) is 0 Å². The largest absolute Gasteiger partial charge is 0.394 e. The molecule has 3 aliphatic rings. The van der Waals surface area contributed by atoms with Crippen LogP contribution in [-0.4, -0.2) is 86.0 Å². The number of aliphatic hydroxyl groups excluding tert-OH is 1. The monoisotopic (exact) mass is 593 g/mol. The van der Waals surface area contributed by atoms with Crippen molar-refractivity contribution in [2.24, 2.45) is 23.7 Å². The van der Waals surface area contributed by atoms with Crippen LogP contribution in [0.5, 0.6) is 0 Å². The first-order valence-corrected chi connectivity index (χ1v) is 15.7. The normalized spacial score (nSPS) is 31.0. The Bertz CT molecular complexity index is 1230. The Kier molecular flexibility index (Phi) is 9.34. The van der Waals surface area contributed by atoms with Crippen LogP contribution in [0.2, 0.25) is 0 Å². The fourth-order valence-corrected chi connectivity index (χ4v) is 7.86. The molecule has 1 spiro atoms. The molecule has 236 valence electrons. The lowest BCUT2D eigenvalue weighted by Gasteiger charge is -2.44. The van der Waals surface area contributed by atoms with Crippen molar-refractivity contribution in [1.29, 1.82) is 0 Å². The lowest BCUT2D eigenvalue weighted by molar-refractivity contribution is -0.161. The van der Waals surface area contributed by atoms with Gasteiger partial charge >= 0.3 is 0 Å². The molecule has 0 saturated carbocycles. The number of benzene rings is 1. The summed E-state index contributed by atoms with van der Waals surface area (Å²) in [6.45, 7) is 22.4. The number of likely N-dealkylation sites (tertiary alicyclic amines) is 1. The molecular formula is C35H51N3O5. The Labute approximate surface area is 257 Å². The molecule has 43 heavy (non-hydrogen) atoms. The number of hydrogen-bond donors (Lipinski definition) is 1. The minimum absolute atomic E-state index is 0.0725. The topological polar surface area (TPSA) is 90.4 Å². The van der Waals surface area contributed by atoms with Crippen molar-refractivity contribution in [2.45, 2.75) is 96.7 Å². The molecule has 2 bridgehead atoms. The van der Waals surface area contributed by atoms with Gasteiger partial charge in [0.15, 0.2) is 0 Å². The number of nitrogens with zero attached hydrogens (tertiary/aromatic N) is 3. The fraction of sp³-hybridized carbons (Fsp3) is 0.629. The Morgan fingerprint density at radius 3 is 2.33 bits per heavy atom. The van der Waals surface area contributed by atoms with Crippen molar-refractivity contribution in [1.82, 2.24) is 14.7 Å². The molecule has 3 amide bonds. The van der Waals surface area contributed by atoms with Crippen LogP contribution in [0, 0.1) is 23.7 Å². The minimum Gasteiger partial charge on any atom is -0.394 e. The average molecular weight is 594 g/mol. The maximum absolute atomic E-state index is 14.8. The summed E-state index contributed by atoms with van der Waals surface area (Å²) in [4.78, 5) is 49.3. The van der Waals surface area contributed by atoms with Gasteiger partial charge in [-0.25, -0.2) is 0 Å². The van der Waals surface area contributed by atoms with Gasteiger partial charge in [-0.3, -0.25) is 14.4 Å². The first-order valence-electron chi connectivity index (χ1n) is 15.7. The van der Waals surface area contributed by atoms with E-state index < -0.39 is 40.7 Å². The van der Waals surface area contributed by atoms with E-state index in [9.17, 15) is 19.5 Å². The Hall–Kier alpha value is -2.97. The molecule has 0 aliphatic carbocycles. The molecule has 3 fully saturated rings. The van der Waals surface area contributed by atoms with E-state index in [0.717, 1.165) is 5.56 Å². The zero-order valence-electron chi connectivity index (χ0n) is 27.1. The summed E-state index contributed by atoms with van der Waals surface area (Å²) in [7, 11) is 0. The number of hydrogen-bond acceptors (Lipinski definition) is 5. The third kappa shape index (κ3) is 5.35. The predicted molar refractivity (Wildman–Crippen MR) is 168 cm³/mol. The Morgan fingerprint density at radius 2 is 1.79 bits per heavy atom. The summed E-state index contributed by atoms with van der Waals surface area (Å²) in [5, 5.41) is 10.7. The maximum Gasteiger partial charge on any atom is 0.249 e. The molecular weight excluding hydrogens is 542 g/mol. The van der Waals surface area contributed by atoms with E-state index in [1.54, 1.807) is 26.9 Å². The Morgan fingerprint density at radius 1 is 1.16 bits per heavy atom. The fourth-order valence-electron chi connectivity index (χ4n) is 7.86. The highest BCUT2D eigenvalue weighted by Crippen LogP contribution is 2.66. The smallest absolute Gasteiger partial charge is 0.249 e. The lowest BCUT2D eigenvalue weighted by atomic mass is 9.62. The number of carbonyl (C=O) groups excluding carboxylic acids is 3. The van der Waals surface area contributed by atoms with Crippen LogP contribution in [0.1, 0.15) is 66.9 Å². The number of carbonyl (C=O) groups is 3. The zero-order chi connectivity index (χ0) is 31.9. The van der Waals surface area contributed by atoms with Crippen molar-refractivity contribution in [3.05, 3.63) is 61.2 Å². The van der Waals surface area contributed by atoms with E-state index in [4.69, 9.17) is 4.74 Å². The van der Waals surface area contributed by atoms with E-state index in [1.807, 2.05) is 71.9 Å². The van der Waals surface area contributed by atoms with Gasteiger partial charge in [0.1, 0.15) is 11.6 Å². The maximum atomic E-state index is 14.8. The third-order valence-electron chi connectivity index (χ3n) is 10.4. The molecule has 3 aliphatic heterocycles. The molecule has 4 rings (SSSR count). The number of ether oxygens (including phenoxy) is 1. The summed E-state index contributed by atoms with van der Waals surface area (Å²) in [5.41, 5.74) is -1.71. The highest BCUT2D eigenvalue weighted by molar-refractivity contribution is 5.99. The van der Waals surface area contributed by atoms with Gasteiger partial charge in [-0.05, 0) is 51.5 Å². The first kappa shape index (κ1) is 32.9. The third-order valence-corrected chi connectivity index (χ3v) is 10.4. The molecule has 1 aromatic rings. The quantitative estimate of drug-likeness (QED) is 0.362. The molecule has 3 unspecified atom stereocenters. The van der Waals surface area contributed by atoms with Gasteiger partial charge in [-0.1, -0.05) is 69.7 Å². The van der Waals surface area contributed by atoms with Gasteiger partial charge < -0.3 is 24.5 Å². The zero-order valence-corrected chi connectivity index (χ0v) is 27.1. The van der Waals surface area contributed by atoms with E-state index >= 15 is 0 Å². The summed E-state index contributed by atoms with van der Waals surface area (Å²) >= 11 is 0. The van der Waals surface area contributed by atoms with Gasteiger partial charge in [0.2, 0.25) is 17.7 Å². The molecule has 0 aromatic heterocycles. The average Bonchev–Trinajstić information content (AvgIpc) is 3.47. The number of amides is 3. The van der Waals surface area contributed by atoms with Crippen molar-refractivity contribution in [3.8, 4) is 0 Å². The second-order valence-electron chi connectivity index (χ2n) is 14.0. The highest BCUT2D eigenvalue weighted by Gasteiger charge is 2.80. The SMILES string of the molecule is C=CCN(Cc1ccccc1)C(=O)[C@H]1[C@H]2C(=O)N([C@@H](CO)[C@@H](C)CC)C(C(=O)N(CC=C)C(C)(C)C)C23CC(C)[C@]1(C)O3. The van der Waals surface area contributed by atoms with E-state index in [-0.39, 0.29) is 36.2 Å².